The van der Waals surface area contributed by atoms with Crippen molar-refractivity contribution in [3.63, 3.8) is 0 Å². The van der Waals surface area contributed by atoms with Crippen molar-refractivity contribution in [3.8, 4) is 0 Å². The first-order valence-corrected chi connectivity index (χ1v) is 7.09. The van der Waals surface area contributed by atoms with Crippen LogP contribution in [0.25, 0.3) is 0 Å². The maximum absolute atomic E-state index is 5.08. The zero-order chi connectivity index (χ0) is 12.7. The van der Waals surface area contributed by atoms with Crippen molar-refractivity contribution in [1.82, 2.24) is 10.2 Å². The lowest BCUT2D eigenvalue weighted by atomic mass is 9.93. The summed E-state index contributed by atoms with van der Waals surface area (Å²) in [5.41, 5.74) is 0.318. The molecule has 0 radical (unpaired) electrons. The minimum absolute atomic E-state index is 0.318. The first-order valence-electron chi connectivity index (χ1n) is 7.09. The molecule has 0 bridgehead atoms. The zero-order valence-electron chi connectivity index (χ0n) is 12.1. The minimum Gasteiger partial charge on any atom is -0.385 e. The Morgan fingerprint density at radius 1 is 1.35 bits per heavy atom. The predicted molar refractivity (Wildman–Crippen MR) is 73.5 cm³/mol. The van der Waals surface area contributed by atoms with Gasteiger partial charge in [-0.1, -0.05) is 6.92 Å². The quantitative estimate of drug-likeness (QED) is 0.693. The molecule has 0 aromatic carbocycles. The number of hydrogen-bond acceptors (Lipinski definition) is 3. The van der Waals surface area contributed by atoms with Gasteiger partial charge in [0.15, 0.2) is 0 Å². The van der Waals surface area contributed by atoms with E-state index >= 15 is 0 Å². The molecule has 17 heavy (non-hydrogen) atoms. The Kier molecular flexibility index (Phi) is 6.45. The fraction of sp³-hybridized carbons (Fsp3) is 1.00. The number of nitrogens with zero attached hydrogens (tertiary/aromatic N) is 1. The number of ether oxygens (including phenoxy) is 1. The van der Waals surface area contributed by atoms with Crippen LogP contribution in [0.2, 0.25) is 0 Å². The van der Waals surface area contributed by atoms with E-state index in [9.17, 15) is 0 Å². The number of piperazine rings is 1. The van der Waals surface area contributed by atoms with Crippen LogP contribution in [0.3, 0.4) is 0 Å². The third-order valence-electron chi connectivity index (χ3n) is 4.07. The molecule has 1 rings (SSSR count). The second-order valence-electron chi connectivity index (χ2n) is 5.67. The molecule has 1 N–H and O–H groups in total. The summed E-state index contributed by atoms with van der Waals surface area (Å²) in [6.07, 6.45) is 4.99. The first kappa shape index (κ1) is 14.9. The molecule has 2 atom stereocenters. The Bertz CT molecular complexity index is 210. The molecule has 102 valence electrons. The number of hydrogen-bond donors (Lipinski definition) is 1. The second kappa shape index (κ2) is 7.34. The topological polar surface area (TPSA) is 24.5 Å². The van der Waals surface area contributed by atoms with Crippen molar-refractivity contribution in [3.05, 3.63) is 0 Å². The Hall–Kier alpha value is -0.120. The van der Waals surface area contributed by atoms with Crippen LogP contribution >= 0.6 is 0 Å². The van der Waals surface area contributed by atoms with Crippen molar-refractivity contribution in [2.45, 2.75) is 58.0 Å². The SMILES string of the molecule is CCC1(C)CN(CCCCCOC)C(C)CN1. The van der Waals surface area contributed by atoms with E-state index < -0.39 is 0 Å². The average Bonchev–Trinajstić information content (AvgIpc) is 2.33. The highest BCUT2D eigenvalue weighted by Gasteiger charge is 2.31. The van der Waals surface area contributed by atoms with Gasteiger partial charge >= 0.3 is 0 Å². The first-order chi connectivity index (χ1) is 8.11. The van der Waals surface area contributed by atoms with E-state index in [1.165, 1.54) is 38.8 Å². The molecule has 2 unspecified atom stereocenters. The number of methoxy groups -OCH3 is 1. The van der Waals surface area contributed by atoms with Gasteiger partial charge in [-0.15, -0.1) is 0 Å². The molecular weight excluding hydrogens is 212 g/mol. The van der Waals surface area contributed by atoms with Gasteiger partial charge in [0.05, 0.1) is 0 Å². The lowest BCUT2D eigenvalue weighted by Crippen LogP contribution is -2.61. The van der Waals surface area contributed by atoms with E-state index in [-0.39, 0.29) is 0 Å². The molecule has 3 heteroatoms. The Morgan fingerprint density at radius 3 is 2.76 bits per heavy atom. The van der Waals surface area contributed by atoms with Crippen LogP contribution in [0.5, 0.6) is 0 Å². The summed E-state index contributed by atoms with van der Waals surface area (Å²) in [7, 11) is 1.78. The molecule has 1 aliphatic rings. The molecule has 0 aliphatic carbocycles. The maximum atomic E-state index is 5.08. The molecule has 1 saturated heterocycles. The summed E-state index contributed by atoms with van der Waals surface area (Å²) < 4.78 is 5.08. The van der Waals surface area contributed by atoms with Gasteiger partial charge in [-0.25, -0.2) is 0 Å². The van der Waals surface area contributed by atoms with Crippen molar-refractivity contribution >= 4 is 0 Å². The van der Waals surface area contributed by atoms with Gasteiger partial charge in [0.1, 0.15) is 0 Å². The van der Waals surface area contributed by atoms with Crippen LogP contribution in [-0.4, -0.2) is 49.8 Å². The van der Waals surface area contributed by atoms with Gasteiger partial charge in [-0.3, -0.25) is 4.90 Å². The summed E-state index contributed by atoms with van der Waals surface area (Å²) in [6.45, 7) is 11.4. The zero-order valence-corrected chi connectivity index (χ0v) is 12.1. The average molecular weight is 242 g/mol. The summed E-state index contributed by atoms with van der Waals surface area (Å²) in [6, 6.07) is 0.678. The van der Waals surface area contributed by atoms with Gasteiger partial charge in [-0.2, -0.15) is 0 Å². The van der Waals surface area contributed by atoms with Gasteiger partial charge in [0.2, 0.25) is 0 Å². The largest absolute Gasteiger partial charge is 0.385 e. The lowest BCUT2D eigenvalue weighted by Gasteiger charge is -2.45. The van der Waals surface area contributed by atoms with E-state index in [0.717, 1.165) is 13.2 Å². The molecule has 1 fully saturated rings. The molecule has 1 aliphatic heterocycles. The summed E-state index contributed by atoms with van der Waals surface area (Å²) in [4.78, 5) is 2.65. The molecule has 0 aromatic rings. The number of nitrogens with one attached hydrogen (secondary N) is 1. The maximum Gasteiger partial charge on any atom is 0.0462 e. The van der Waals surface area contributed by atoms with E-state index in [1.54, 1.807) is 7.11 Å². The standard InChI is InChI=1S/C14H30N2O/c1-5-14(3)12-16(13(2)11-15-14)9-7-6-8-10-17-4/h13,15H,5-12H2,1-4H3. The van der Waals surface area contributed by atoms with Crippen LogP contribution in [0.1, 0.15) is 46.5 Å². The fourth-order valence-electron chi connectivity index (χ4n) is 2.46. The summed E-state index contributed by atoms with van der Waals surface area (Å²) in [5, 5.41) is 3.67. The lowest BCUT2D eigenvalue weighted by molar-refractivity contribution is 0.0905. The Morgan fingerprint density at radius 2 is 2.12 bits per heavy atom. The van der Waals surface area contributed by atoms with Crippen LogP contribution in [0.15, 0.2) is 0 Å². The minimum atomic E-state index is 0.318. The van der Waals surface area contributed by atoms with Gasteiger partial charge in [0, 0.05) is 38.4 Å². The summed E-state index contributed by atoms with van der Waals surface area (Å²) >= 11 is 0. The fourth-order valence-corrected chi connectivity index (χ4v) is 2.46. The molecule has 1 heterocycles. The van der Waals surface area contributed by atoms with Gasteiger partial charge < -0.3 is 10.1 Å². The highest BCUT2D eigenvalue weighted by atomic mass is 16.5. The van der Waals surface area contributed by atoms with Crippen LogP contribution < -0.4 is 5.32 Å². The second-order valence-corrected chi connectivity index (χ2v) is 5.67. The smallest absolute Gasteiger partial charge is 0.0462 e. The Balaban J connectivity index is 2.25. The molecule has 0 spiro atoms. The van der Waals surface area contributed by atoms with Crippen molar-refractivity contribution in [2.75, 3.05) is 33.4 Å². The molecule has 0 saturated carbocycles. The van der Waals surface area contributed by atoms with Crippen LogP contribution in [0.4, 0.5) is 0 Å². The molecule has 0 amide bonds. The molecular formula is C14H30N2O. The highest BCUT2D eigenvalue weighted by Crippen LogP contribution is 2.19. The summed E-state index contributed by atoms with van der Waals surface area (Å²) in [5.74, 6) is 0. The van der Waals surface area contributed by atoms with Crippen molar-refractivity contribution in [2.24, 2.45) is 0 Å². The monoisotopic (exact) mass is 242 g/mol. The van der Waals surface area contributed by atoms with E-state index in [4.69, 9.17) is 4.74 Å². The van der Waals surface area contributed by atoms with E-state index in [2.05, 4.69) is 31.0 Å². The van der Waals surface area contributed by atoms with E-state index in [0.29, 0.717) is 11.6 Å². The Labute approximate surface area is 107 Å². The van der Waals surface area contributed by atoms with Crippen LogP contribution in [-0.2, 0) is 4.74 Å². The third-order valence-corrected chi connectivity index (χ3v) is 4.07. The predicted octanol–water partition coefficient (Wildman–Crippen LogP) is 2.27. The van der Waals surface area contributed by atoms with E-state index in [1.807, 2.05) is 0 Å². The van der Waals surface area contributed by atoms with Crippen molar-refractivity contribution in [1.29, 1.82) is 0 Å². The number of rotatable bonds is 7. The normalized spacial score (nSPS) is 30.7. The number of unbranched alkanes of at least 4 members (excludes halogenated alkanes) is 2. The molecule has 3 nitrogen and oxygen atoms in total. The van der Waals surface area contributed by atoms with Crippen molar-refractivity contribution < 1.29 is 4.74 Å². The third kappa shape index (κ3) is 4.94. The highest BCUT2D eigenvalue weighted by molar-refractivity contribution is 4.92. The van der Waals surface area contributed by atoms with Gasteiger partial charge in [0.25, 0.3) is 0 Å². The molecule has 0 aromatic heterocycles. The van der Waals surface area contributed by atoms with Crippen LogP contribution in [0, 0.1) is 0 Å². The van der Waals surface area contributed by atoms with Gasteiger partial charge in [-0.05, 0) is 46.1 Å².